The number of likely N-dealkylation sites (N-methyl/N-ethyl adjacent to an activating group) is 2. The fourth-order valence-corrected chi connectivity index (χ4v) is 0.482. The standard InChI is InChI=1S/C6H16N4/c1-9(7)5-3-4-6-10(2)8/h3-4H,5-8H2,1-2H3/b4-3+. The van der Waals surface area contributed by atoms with E-state index < -0.39 is 0 Å². The molecular weight excluding hydrogens is 128 g/mol. The van der Waals surface area contributed by atoms with Crippen molar-refractivity contribution in [3.05, 3.63) is 12.2 Å². The van der Waals surface area contributed by atoms with E-state index in [1.807, 2.05) is 26.2 Å². The minimum absolute atomic E-state index is 0.758. The van der Waals surface area contributed by atoms with E-state index in [4.69, 9.17) is 11.7 Å². The third-order valence-electron chi connectivity index (χ3n) is 0.953. The fourth-order valence-electron chi connectivity index (χ4n) is 0.482. The first-order valence-electron chi connectivity index (χ1n) is 3.19. The number of rotatable bonds is 4. The number of hydrogen-bond acceptors (Lipinski definition) is 4. The van der Waals surface area contributed by atoms with Gasteiger partial charge in [0.15, 0.2) is 0 Å². The van der Waals surface area contributed by atoms with Gasteiger partial charge in [-0.25, -0.2) is 10.0 Å². The van der Waals surface area contributed by atoms with Gasteiger partial charge in [-0.2, -0.15) is 0 Å². The molecular formula is C6H16N4. The van der Waals surface area contributed by atoms with Gasteiger partial charge in [0, 0.05) is 27.2 Å². The molecule has 0 aliphatic rings. The van der Waals surface area contributed by atoms with E-state index in [2.05, 4.69) is 0 Å². The van der Waals surface area contributed by atoms with Crippen molar-refractivity contribution >= 4 is 0 Å². The van der Waals surface area contributed by atoms with Crippen molar-refractivity contribution < 1.29 is 0 Å². The van der Waals surface area contributed by atoms with E-state index in [1.54, 1.807) is 10.0 Å². The Morgan fingerprint density at radius 1 is 1.00 bits per heavy atom. The molecule has 4 nitrogen and oxygen atoms in total. The van der Waals surface area contributed by atoms with E-state index in [-0.39, 0.29) is 0 Å². The van der Waals surface area contributed by atoms with Gasteiger partial charge in [-0.15, -0.1) is 0 Å². The molecule has 0 bridgehead atoms. The summed E-state index contributed by atoms with van der Waals surface area (Å²) in [6.45, 7) is 1.52. The fraction of sp³-hybridized carbons (Fsp3) is 0.667. The highest BCUT2D eigenvalue weighted by atomic mass is 15.4. The van der Waals surface area contributed by atoms with Crippen molar-refractivity contribution in [3.8, 4) is 0 Å². The Morgan fingerprint density at radius 3 is 1.50 bits per heavy atom. The highest BCUT2D eigenvalue weighted by molar-refractivity contribution is 4.84. The number of hydrogen-bond donors (Lipinski definition) is 2. The second-order valence-electron chi connectivity index (χ2n) is 2.35. The molecule has 0 aromatic carbocycles. The van der Waals surface area contributed by atoms with E-state index in [1.165, 1.54) is 0 Å². The third kappa shape index (κ3) is 7.58. The summed E-state index contributed by atoms with van der Waals surface area (Å²) in [4.78, 5) is 0. The van der Waals surface area contributed by atoms with Crippen LogP contribution in [0.15, 0.2) is 12.2 Å². The zero-order valence-corrected chi connectivity index (χ0v) is 6.62. The minimum atomic E-state index is 0.758. The summed E-state index contributed by atoms with van der Waals surface area (Å²) in [5, 5.41) is 3.21. The van der Waals surface area contributed by atoms with Crippen molar-refractivity contribution in [2.24, 2.45) is 11.7 Å². The molecule has 4 heteroatoms. The second-order valence-corrected chi connectivity index (χ2v) is 2.35. The Kier molecular flexibility index (Phi) is 5.15. The molecule has 0 unspecified atom stereocenters. The molecule has 0 radical (unpaired) electrons. The first kappa shape index (κ1) is 9.58. The van der Waals surface area contributed by atoms with Gasteiger partial charge in [0.2, 0.25) is 0 Å². The molecule has 60 valence electrons. The second kappa shape index (κ2) is 5.37. The minimum Gasteiger partial charge on any atom is -0.269 e. The molecule has 0 spiro atoms. The lowest BCUT2D eigenvalue weighted by atomic mass is 10.5. The summed E-state index contributed by atoms with van der Waals surface area (Å²) in [6.07, 6.45) is 3.95. The summed E-state index contributed by atoms with van der Waals surface area (Å²) in [5.41, 5.74) is 0. The zero-order valence-electron chi connectivity index (χ0n) is 6.62. The summed E-state index contributed by atoms with van der Waals surface area (Å²) >= 11 is 0. The summed E-state index contributed by atoms with van der Waals surface area (Å²) in [5.74, 6) is 10.7. The van der Waals surface area contributed by atoms with Crippen LogP contribution in [0.2, 0.25) is 0 Å². The number of nitrogens with two attached hydrogens (primary N) is 2. The van der Waals surface area contributed by atoms with Gasteiger partial charge in [0.25, 0.3) is 0 Å². The predicted molar refractivity (Wildman–Crippen MR) is 42.8 cm³/mol. The first-order valence-corrected chi connectivity index (χ1v) is 3.19. The van der Waals surface area contributed by atoms with Crippen LogP contribution in [0.4, 0.5) is 0 Å². The molecule has 0 aromatic rings. The van der Waals surface area contributed by atoms with Crippen LogP contribution in [0.25, 0.3) is 0 Å². The van der Waals surface area contributed by atoms with E-state index in [0.717, 1.165) is 13.1 Å². The third-order valence-corrected chi connectivity index (χ3v) is 0.953. The van der Waals surface area contributed by atoms with E-state index in [9.17, 15) is 0 Å². The van der Waals surface area contributed by atoms with Crippen LogP contribution in [0.5, 0.6) is 0 Å². The Labute approximate surface area is 62.0 Å². The average Bonchev–Trinajstić information content (AvgIpc) is 1.79. The Bertz CT molecular complexity index is 85.9. The predicted octanol–water partition coefficient (Wildman–Crippen LogP) is -0.846. The van der Waals surface area contributed by atoms with Crippen molar-refractivity contribution in [2.45, 2.75) is 0 Å². The lowest BCUT2D eigenvalue weighted by Gasteiger charge is -2.06. The van der Waals surface area contributed by atoms with E-state index >= 15 is 0 Å². The monoisotopic (exact) mass is 144 g/mol. The highest BCUT2D eigenvalue weighted by Crippen LogP contribution is 1.76. The van der Waals surface area contributed by atoms with Crippen LogP contribution in [-0.2, 0) is 0 Å². The molecule has 0 rings (SSSR count). The quantitative estimate of drug-likeness (QED) is 0.307. The Morgan fingerprint density at radius 2 is 1.30 bits per heavy atom. The van der Waals surface area contributed by atoms with Gasteiger partial charge in [-0.3, -0.25) is 11.7 Å². The van der Waals surface area contributed by atoms with Crippen molar-refractivity contribution in [1.29, 1.82) is 0 Å². The summed E-state index contributed by atoms with van der Waals surface area (Å²) in [6, 6.07) is 0. The topological polar surface area (TPSA) is 58.5 Å². The zero-order chi connectivity index (χ0) is 7.98. The van der Waals surface area contributed by atoms with Crippen molar-refractivity contribution in [3.63, 3.8) is 0 Å². The molecule has 0 amide bonds. The maximum absolute atomic E-state index is 5.35. The van der Waals surface area contributed by atoms with Crippen LogP contribution >= 0.6 is 0 Å². The van der Waals surface area contributed by atoms with Gasteiger partial charge < -0.3 is 0 Å². The average molecular weight is 144 g/mol. The lowest BCUT2D eigenvalue weighted by Crippen LogP contribution is -2.27. The molecule has 10 heavy (non-hydrogen) atoms. The molecule has 0 aliphatic carbocycles. The van der Waals surface area contributed by atoms with Crippen LogP contribution < -0.4 is 11.7 Å². The first-order chi connectivity index (χ1) is 4.63. The molecule has 0 saturated heterocycles. The molecule has 0 heterocycles. The largest absolute Gasteiger partial charge is 0.269 e. The van der Waals surface area contributed by atoms with Gasteiger partial charge in [-0.05, 0) is 0 Å². The summed E-state index contributed by atoms with van der Waals surface area (Å²) < 4.78 is 0. The van der Waals surface area contributed by atoms with Crippen molar-refractivity contribution in [2.75, 3.05) is 27.2 Å². The van der Waals surface area contributed by atoms with Gasteiger partial charge in [-0.1, -0.05) is 12.2 Å². The van der Waals surface area contributed by atoms with Crippen LogP contribution in [0, 0.1) is 0 Å². The van der Waals surface area contributed by atoms with Crippen LogP contribution in [0.3, 0.4) is 0 Å². The Hall–Kier alpha value is -0.420. The molecule has 4 N–H and O–H groups in total. The van der Waals surface area contributed by atoms with Gasteiger partial charge in [0.1, 0.15) is 0 Å². The van der Waals surface area contributed by atoms with Crippen molar-refractivity contribution in [1.82, 2.24) is 10.0 Å². The smallest absolute Gasteiger partial charge is 0.0306 e. The maximum Gasteiger partial charge on any atom is 0.0306 e. The maximum atomic E-state index is 5.35. The Balaban J connectivity index is 3.20. The molecule has 0 aliphatic heterocycles. The normalized spacial score (nSPS) is 12.2. The molecule has 0 saturated carbocycles. The molecule has 0 fully saturated rings. The van der Waals surface area contributed by atoms with Crippen LogP contribution in [0.1, 0.15) is 0 Å². The van der Waals surface area contributed by atoms with Gasteiger partial charge >= 0.3 is 0 Å². The lowest BCUT2D eigenvalue weighted by molar-refractivity contribution is 0.379. The van der Waals surface area contributed by atoms with Crippen LogP contribution in [-0.4, -0.2) is 37.2 Å². The summed E-state index contributed by atoms with van der Waals surface area (Å²) in [7, 11) is 3.63. The van der Waals surface area contributed by atoms with E-state index in [0.29, 0.717) is 0 Å². The molecule has 0 atom stereocenters. The molecule has 0 aromatic heterocycles. The SMILES string of the molecule is CN(N)C/C=C/CN(C)N. The number of nitrogens with zero attached hydrogens (tertiary/aromatic N) is 2. The highest BCUT2D eigenvalue weighted by Gasteiger charge is 1.83. The number of hydrazine groups is 2. The van der Waals surface area contributed by atoms with Gasteiger partial charge in [0.05, 0.1) is 0 Å².